The minimum Gasteiger partial charge on any atom is -0.394 e. The third-order valence-corrected chi connectivity index (χ3v) is 5.01. The van der Waals surface area contributed by atoms with E-state index in [2.05, 4.69) is 16.5 Å². The molecule has 1 aliphatic heterocycles. The Hall–Kier alpha value is -1.69. The number of imidazole rings is 1. The molecule has 1 saturated heterocycles. The number of fused-ring (bicyclic) bond motifs is 3. The van der Waals surface area contributed by atoms with Crippen LogP contribution in [0.25, 0.3) is 21.9 Å². The molecule has 4 rings (SSSR count). The Bertz CT molecular complexity index is 893. The van der Waals surface area contributed by atoms with Gasteiger partial charge in [0.25, 0.3) is 0 Å². The number of pyridine rings is 1. The summed E-state index contributed by atoms with van der Waals surface area (Å²) >= 11 is 6.23. The zero-order chi connectivity index (χ0) is 16.7. The Labute approximate surface area is 145 Å². The van der Waals surface area contributed by atoms with E-state index in [1.807, 2.05) is 24.4 Å². The highest BCUT2D eigenvalue weighted by Gasteiger charge is 2.27. The van der Waals surface area contributed by atoms with Crippen LogP contribution in [0, 0.1) is 0 Å². The van der Waals surface area contributed by atoms with Gasteiger partial charge in [0.15, 0.2) is 0 Å². The molecule has 0 saturated carbocycles. The number of hydrogen-bond donors (Lipinski definition) is 1. The van der Waals surface area contributed by atoms with E-state index in [1.165, 1.54) is 0 Å². The second kappa shape index (κ2) is 6.31. The van der Waals surface area contributed by atoms with Crippen LogP contribution in [0.5, 0.6) is 0 Å². The predicted molar refractivity (Wildman–Crippen MR) is 94.5 cm³/mol. The van der Waals surface area contributed by atoms with Crippen LogP contribution >= 0.6 is 11.6 Å². The first-order chi connectivity index (χ1) is 11.7. The molecule has 1 aromatic carbocycles. The lowest BCUT2D eigenvalue weighted by molar-refractivity contribution is -0.0344. The molecule has 1 aliphatic rings. The number of hydrogen-bond acceptors (Lipinski definition) is 4. The molecule has 3 aromatic rings. The molecular weight excluding hydrogens is 326 g/mol. The van der Waals surface area contributed by atoms with Crippen molar-refractivity contribution in [2.45, 2.75) is 38.3 Å². The lowest BCUT2D eigenvalue weighted by atomic mass is 10.0. The van der Waals surface area contributed by atoms with E-state index in [9.17, 15) is 5.11 Å². The smallest absolute Gasteiger partial charge is 0.109 e. The van der Waals surface area contributed by atoms with Crippen LogP contribution in [0.1, 0.15) is 31.6 Å². The number of aliphatic hydroxyl groups is 1. The van der Waals surface area contributed by atoms with Crippen molar-refractivity contribution in [3.8, 4) is 0 Å². The third-order valence-electron chi connectivity index (χ3n) is 4.78. The van der Waals surface area contributed by atoms with Crippen LogP contribution in [-0.2, 0) is 11.2 Å². The number of benzene rings is 1. The molecular formula is C18H20ClN3O2. The molecule has 6 heteroatoms. The van der Waals surface area contributed by atoms with Crippen molar-refractivity contribution in [1.29, 1.82) is 0 Å². The molecule has 0 radical (unpaired) electrons. The molecule has 0 amide bonds. The number of halogens is 1. The fourth-order valence-corrected chi connectivity index (χ4v) is 3.83. The van der Waals surface area contributed by atoms with Gasteiger partial charge in [-0.15, -0.1) is 0 Å². The predicted octanol–water partition coefficient (Wildman–Crippen LogP) is 3.51. The molecule has 2 aromatic heterocycles. The highest BCUT2D eigenvalue weighted by molar-refractivity contribution is 6.31. The zero-order valence-corrected chi connectivity index (χ0v) is 14.3. The summed E-state index contributed by atoms with van der Waals surface area (Å²) in [5, 5.41) is 11.2. The molecule has 24 heavy (non-hydrogen) atoms. The molecule has 0 spiro atoms. The van der Waals surface area contributed by atoms with Crippen molar-refractivity contribution < 1.29 is 9.84 Å². The molecule has 0 bridgehead atoms. The van der Waals surface area contributed by atoms with Crippen LogP contribution in [0.15, 0.2) is 24.4 Å². The summed E-state index contributed by atoms with van der Waals surface area (Å²) in [5.41, 5.74) is 2.90. The Balaban J connectivity index is 1.96. The van der Waals surface area contributed by atoms with Crippen molar-refractivity contribution in [1.82, 2.24) is 14.5 Å². The van der Waals surface area contributed by atoms with Crippen molar-refractivity contribution in [3.63, 3.8) is 0 Å². The van der Waals surface area contributed by atoms with Gasteiger partial charge < -0.3 is 14.4 Å². The lowest BCUT2D eigenvalue weighted by Crippen LogP contribution is -2.30. The van der Waals surface area contributed by atoms with Crippen molar-refractivity contribution in [2.24, 2.45) is 0 Å². The normalized spacial score (nSPS) is 21.6. The van der Waals surface area contributed by atoms with Gasteiger partial charge in [0.05, 0.1) is 29.9 Å². The fraction of sp³-hybridized carbons (Fsp3) is 0.444. The van der Waals surface area contributed by atoms with Gasteiger partial charge in [-0.1, -0.05) is 18.5 Å². The van der Waals surface area contributed by atoms with Crippen LogP contribution in [0.2, 0.25) is 5.02 Å². The van der Waals surface area contributed by atoms with Gasteiger partial charge in [0.1, 0.15) is 11.3 Å². The van der Waals surface area contributed by atoms with E-state index in [1.54, 1.807) is 0 Å². The monoisotopic (exact) mass is 345 g/mol. The van der Waals surface area contributed by atoms with E-state index in [0.29, 0.717) is 11.6 Å². The van der Waals surface area contributed by atoms with Gasteiger partial charge in [-0.05, 0) is 31.0 Å². The van der Waals surface area contributed by atoms with Crippen molar-refractivity contribution in [3.05, 3.63) is 35.2 Å². The maximum absolute atomic E-state index is 9.48. The standard InChI is InChI=1S/C18H20ClN3O2/c1-2-17-21-16-9-20-15-4-3-11(19)7-14(15)18(16)22(17)12-5-6-24-13(8-12)10-23/h3-4,7,9,12-13,23H,2,5-6,8,10H2,1H3/t12-,13+/m0/s1. The van der Waals surface area contributed by atoms with Crippen molar-refractivity contribution in [2.75, 3.05) is 13.2 Å². The Kier molecular flexibility index (Phi) is 4.16. The van der Waals surface area contributed by atoms with E-state index < -0.39 is 0 Å². The molecule has 0 aliphatic carbocycles. The number of aromatic nitrogens is 3. The summed E-state index contributed by atoms with van der Waals surface area (Å²) in [6.07, 6.45) is 4.28. The van der Waals surface area contributed by atoms with E-state index in [-0.39, 0.29) is 18.8 Å². The molecule has 2 atom stereocenters. The van der Waals surface area contributed by atoms with E-state index in [0.717, 1.165) is 47.0 Å². The summed E-state index contributed by atoms with van der Waals surface area (Å²) in [6, 6.07) is 6.04. The van der Waals surface area contributed by atoms with E-state index in [4.69, 9.17) is 21.3 Å². The highest BCUT2D eigenvalue weighted by atomic mass is 35.5. The number of ether oxygens (including phenoxy) is 1. The molecule has 1 N–H and O–H groups in total. The summed E-state index contributed by atoms with van der Waals surface area (Å²) in [5.74, 6) is 1.04. The second-order valence-corrected chi connectivity index (χ2v) is 6.70. The average Bonchev–Trinajstić information content (AvgIpc) is 3.00. The maximum atomic E-state index is 9.48. The first-order valence-corrected chi connectivity index (χ1v) is 8.76. The Morgan fingerprint density at radius 1 is 1.38 bits per heavy atom. The zero-order valence-electron chi connectivity index (χ0n) is 13.6. The number of aliphatic hydroxyl groups excluding tert-OH is 1. The van der Waals surface area contributed by atoms with Crippen LogP contribution in [-0.4, -0.2) is 39.0 Å². The van der Waals surface area contributed by atoms with Gasteiger partial charge in [-0.2, -0.15) is 0 Å². The van der Waals surface area contributed by atoms with Crippen LogP contribution in [0.3, 0.4) is 0 Å². The molecule has 5 nitrogen and oxygen atoms in total. The van der Waals surface area contributed by atoms with Gasteiger partial charge in [0, 0.05) is 29.5 Å². The number of aryl methyl sites for hydroxylation is 1. The largest absolute Gasteiger partial charge is 0.394 e. The minimum absolute atomic E-state index is 0.0543. The summed E-state index contributed by atoms with van der Waals surface area (Å²) in [6.45, 7) is 2.82. The summed E-state index contributed by atoms with van der Waals surface area (Å²) in [7, 11) is 0. The van der Waals surface area contributed by atoms with Gasteiger partial charge in [0.2, 0.25) is 0 Å². The topological polar surface area (TPSA) is 60.2 Å². The summed E-state index contributed by atoms with van der Waals surface area (Å²) in [4.78, 5) is 9.31. The van der Waals surface area contributed by atoms with Crippen molar-refractivity contribution >= 4 is 33.5 Å². The van der Waals surface area contributed by atoms with Gasteiger partial charge in [-0.25, -0.2) is 4.98 Å². The summed E-state index contributed by atoms with van der Waals surface area (Å²) < 4.78 is 7.95. The fourth-order valence-electron chi connectivity index (χ4n) is 3.66. The molecule has 1 fully saturated rings. The first-order valence-electron chi connectivity index (χ1n) is 8.38. The van der Waals surface area contributed by atoms with Crippen LogP contribution in [0.4, 0.5) is 0 Å². The molecule has 3 heterocycles. The quantitative estimate of drug-likeness (QED) is 0.789. The third kappa shape index (κ3) is 2.57. The Morgan fingerprint density at radius 2 is 2.25 bits per heavy atom. The minimum atomic E-state index is -0.109. The SMILES string of the molecule is CCc1nc2cnc3ccc(Cl)cc3c2n1[C@H]1CCO[C@@H](CO)C1. The number of nitrogens with zero attached hydrogens (tertiary/aromatic N) is 3. The van der Waals surface area contributed by atoms with E-state index >= 15 is 0 Å². The maximum Gasteiger partial charge on any atom is 0.109 e. The average molecular weight is 346 g/mol. The van der Waals surface area contributed by atoms with Gasteiger partial charge >= 0.3 is 0 Å². The second-order valence-electron chi connectivity index (χ2n) is 6.26. The highest BCUT2D eigenvalue weighted by Crippen LogP contribution is 2.34. The lowest BCUT2D eigenvalue weighted by Gasteiger charge is -2.31. The molecule has 0 unspecified atom stereocenters. The Morgan fingerprint density at radius 3 is 3.04 bits per heavy atom. The number of rotatable bonds is 3. The molecule has 126 valence electrons. The van der Waals surface area contributed by atoms with Crippen LogP contribution < -0.4 is 0 Å². The first kappa shape index (κ1) is 15.8. The van der Waals surface area contributed by atoms with Gasteiger partial charge in [-0.3, -0.25) is 4.98 Å².